The van der Waals surface area contributed by atoms with Crippen LogP contribution in [0.4, 0.5) is 0 Å². The second-order valence-corrected chi connectivity index (χ2v) is 6.16. The number of nitrogens with zero attached hydrogens (tertiary/aromatic N) is 1. The summed E-state index contributed by atoms with van der Waals surface area (Å²) in [4.78, 5) is 14.3. The number of piperidine rings is 1. The van der Waals surface area contributed by atoms with E-state index in [9.17, 15) is 9.90 Å². The molecule has 4 nitrogen and oxygen atoms in total. The maximum atomic E-state index is 11.9. The lowest BCUT2D eigenvalue weighted by Gasteiger charge is -2.48. The SMILES string of the molecule is C[C@@H]1OC(=O)[C@H]2[C@@H]1N1CCc3ccccc3[C@@H]1C[C@H]2O. The maximum Gasteiger partial charge on any atom is 0.313 e. The molecular weight excluding hydrogens is 254 g/mol. The molecule has 0 unspecified atom stereocenters. The summed E-state index contributed by atoms with van der Waals surface area (Å²) in [5.41, 5.74) is 2.68. The second-order valence-electron chi connectivity index (χ2n) is 6.16. The molecule has 20 heavy (non-hydrogen) atoms. The lowest BCUT2D eigenvalue weighted by atomic mass is 9.77. The summed E-state index contributed by atoms with van der Waals surface area (Å²) in [5.74, 6) is -0.598. The van der Waals surface area contributed by atoms with E-state index in [1.807, 2.05) is 6.92 Å². The van der Waals surface area contributed by atoms with E-state index in [1.165, 1.54) is 11.1 Å². The van der Waals surface area contributed by atoms with Crippen molar-refractivity contribution < 1.29 is 14.6 Å². The first-order valence-electron chi connectivity index (χ1n) is 7.39. The van der Waals surface area contributed by atoms with Gasteiger partial charge < -0.3 is 9.84 Å². The van der Waals surface area contributed by atoms with Gasteiger partial charge in [0.25, 0.3) is 0 Å². The number of carbonyl (C=O) groups is 1. The standard InChI is InChI=1S/C16H19NO3/c1-9-15-14(16(19)20-9)13(18)8-12-11-5-3-2-4-10(11)6-7-17(12)15/h2-5,9,12-15,18H,6-8H2,1H3/t9-,12-,13+,14+,15+/m0/s1. The summed E-state index contributed by atoms with van der Waals surface area (Å²) in [7, 11) is 0. The van der Waals surface area contributed by atoms with Crippen LogP contribution >= 0.6 is 0 Å². The number of esters is 1. The molecule has 3 heterocycles. The van der Waals surface area contributed by atoms with Crippen molar-refractivity contribution in [1.82, 2.24) is 4.90 Å². The molecule has 3 aliphatic rings. The monoisotopic (exact) mass is 273 g/mol. The van der Waals surface area contributed by atoms with Gasteiger partial charge in [0, 0.05) is 12.6 Å². The molecule has 2 fully saturated rings. The fourth-order valence-corrected chi connectivity index (χ4v) is 4.29. The molecule has 1 aromatic carbocycles. The quantitative estimate of drug-likeness (QED) is 0.724. The average molecular weight is 273 g/mol. The average Bonchev–Trinajstić information content (AvgIpc) is 2.75. The van der Waals surface area contributed by atoms with Gasteiger partial charge in [-0.1, -0.05) is 24.3 Å². The Morgan fingerprint density at radius 1 is 1.35 bits per heavy atom. The van der Waals surface area contributed by atoms with Gasteiger partial charge in [-0.3, -0.25) is 9.69 Å². The molecule has 0 saturated carbocycles. The third-order valence-corrected chi connectivity index (χ3v) is 5.14. The van der Waals surface area contributed by atoms with Gasteiger partial charge in [0.15, 0.2) is 0 Å². The Morgan fingerprint density at radius 2 is 2.15 bits per heavy atom. The van der Waals surface area contributed by atoms with Crippen molar-refractivity contribution >= 4 is 5.97 Å². The zero-order chi connectivity index (χ0) is 13.9. The van der Waals surface area contributed by atoms with Crippen LogP contribution in [0.2, 0.25) is 0 Å². The first kappa shape index (κ1) is 12.4. The molecule has 106 valence electrons. The van der Waals surface area contributed by atoms with E-state index in [4.69, 9.17) is 4.74 Å². The number of fused-ring (bicyclic) bond motifs is 5. The van der Waals surface area contributed by atoms with Crippen LogP contribution in [0.5, 0.6) is 0 Å². The predicted molar refractivity (Wildman–Crippen MR) is 73.0 cm³/mol. The van der Waals surface area contributed by atoms with Crippen molar-refractivity contribution in [2.75, 3.05) is 6.54 Å². The summed E-state index contributed by atoms with van der Waals surface area (Å²) in [5, 5.41) is 10.4. The van der Waals surface area contributed by atoms with Crippen molar-refractivity contribution in [3.8, 4) is 0 Å². The zero-order valence-corrected chi connectivity index (χ0v) is 11.5. The van der Waals surface area contributed by atoms with Crippen LogP contribution in [0, 0.1) is 5.92 Å². The van der Waals surface area contributed by atoms with Crippen molar-refractivity contribution in [3.63, 3.8) is 0 Å². The topological polar surface area (TPSA) is 49.8 Å². The maximum absolute atomic E-state index is 11.9. The van der Waals surface area contributed by atoms with Crippen LogP contribution in [0.3, 0.4) is 0 Å². The van der Waals surface area contributed by atoms with Gasteiger partial charge in [-0.25, -0.2) is 0 Å². The van der Waals surface area contributed by atoms with Gasteiger partial charge in [-0.05, 0) is 30.9 Å². The lowest BCUT2D eigenvalue weighted by molar-refractivity contribution is -0.147. The summed E-state index contributed by atoms with van der Waals surface area (Å²) >= 11 is 0. The van der Waals surface area contributed by atoms with Crippen LogP contribution in [0.15, 0.2) is 24.3 Å². The van der Waals surface area contributed by atoms with Crippen LogP contribution < -0.4 is 0 Å². The van der Waals surface area contributed by atoms with E-state index in [-0.39, 0.29) is 30.1 Å². The Hall–Kier alpha value is -1.39. The predicted octanol–water partition coefficient (Wildman–Crippen LogP) is 1.28. The molecule has 5 atom stereocenters. The molecule has 0 radical (unpaired) electrons. The number of cyclic esters (lactones) is 1. The smallest absolute Gasteiger partial charge is 0.313 e. The van der Waals surface area contributed by atoms with E-state index >= 15 is 0 Å². The summed E-state index contributed by atoms with van der Waals surface area (Å²) in [6, 6.07) is 8.69. The number of aliphatic hydroxyl groups is 1. The van der Waals surface area contributed by atoms with Crippen molar-refractivity contribution in [2.45, 2.75) is 44.1 Å². The number of benzene rings is 1. The number of ether oxygens (including phenoxy) is 1. The number of hydrogen-bond acceptors (Lipinski definition) is 4. The molecule has 4 heteroatoms. The Bertz CT molecular complexity index is 558. The molecular formula is C16H19NO3. The van der Waals surface area contributed by atoms with Crippen molar-refractivity contribution in [2.24, 2.45) is 5.92 Å². The molecule has 2 saturated heterocycles. The van der Waals surface area contributed by atoms with E-state index in [1.54, 1.807) is 0 Å². The first-order chi connectivity index (χ1) is 9.66. The van der Waals surface area contributed by atoms with Crippen LogP contribution in [0.1, 0.15) is 30.5 Å². The van der Waals surface area contributed by atoms with E-state index in [2.05, 4.69) is 29.2 Å². The van der Waals surface area contributed by atoms with Gasteiger partial charge in [0.05, 0.1) is 12.1 Å². The number of aliphatic hydroxyl groups excluding tert-OH is 1. The van der Waals surface area contributed by atoms with Gasteiger partial charge in [-0.15, -0.1) is 0 Å². The molecule has 1 N–H and O–H groups in total. The Labute approximate surface area is 118 Å². The van der Waals surface area contributed by atoms with Gasteiger partial charge in [0.2, 0.25) is 0 Å². The molecule has 0 bridgehead atoms. The molecule has 0 aliphatic carbocycles. The Kier molecular flexibility index (Phi) is 2.66. The van der Waals surface area contributed by atoms with Crippen LogP contribution in [-0.2, 0) is 16.0 Å². The van der Waals surface area contributed by atoms with Gasteiger partial charge in [0.1, 0.15) is 12.0 Å². The third kappa shape index (κ3) is 1.58. The Balaban J connectivity index is 1.76. The normalized spacial score (nSPS) is 39.7. The van der Waals surface area contributed by atoms with E-state index in [0.29, 0.717) is 6.42 Å². The number of hydrogen-bond donors (Lipinski definition) is 1. The first-order valence-corrected chi connectivity index (χ1v) is 7.39. The zero-order valence-electron chi connectivity index (χ0n) is 11.5. The highest BCUT2D eigenvalue weighted by Gasteiger charge is 2.55. The van der Waals surface area contributed by atoms with Crippen molar-refractivity contribution in [3.05, 3.63) is 35.4 Å². The second kappa shape index (κ2) is 4.30. The number of carbonyl (C=O) groups excluding carboxylic acids is 1. The highest BCUT2D eigenvalue weighted by atomic mass is 16.6. The Morgan fingerprint density at radius 3 is 3.00 bits per heavy atom. The molecule has 1 aromatic rings. The molecule has 0 amide bonds. The van der Waals surface area contributed by atoms with Gasteiger partial charge in [-0.2, -0.15) is 0 Å². The fraction of sp³-hybridized carbons (Fsp3) is 0.562. The fourth-order valence-electron chi connectivity index (χ4n) is 4.29. The van der Waals surface area contributed by atoms with Crippen LogP contribution in [0.25, 0.3) is 0 Å². The molecule has 0 spiro atoms. The van der Waals surface area contributed by atoms with Gasteiger partial charge >= 0.3 is 5.97 Å². The highest BCUT2D eigenvalue weighted by Crippen LogP contribution is 2.45. The largest absolute Gasteiger partial charge is 0.461 e. The minimum atomic E-state index is -0.593. The molecule has 4 rings (SSSR count). The minimum absolute atomic E-state index is 0.0182. The lowest BCUT2D eigenvalue weighted by Crippen LogP contribution is -2.56. The molecule has 0 aromatic heterocycles. The van der Waals surface area contributed by atoms with Crippen molar-refractivity contribution in [1.29, 1.82) is 0 Å². The summed E-state index contributed by atoms with van der Waals surface area (Å²) in [6.45, 7) is 2.88. The third-order valence-electron chi connectivity index (χ3n) is 5.14. The summed E-state index contributed by atoms with van der Waals surface area (Å²) in [6.07, 6.45) is 0.910. The highest BCUT2D eigenvalue weighted by molar-refractivity contribution is 5.77. The summed E-state index contributed by atoms with van der Waals surface area (Å²) < 4.78 is 5.37. The van der Waals surface area contributed by atoms with Crippen LogP contribution in [-0.4, -0.2) is 40.8 Å². The number of rotatable bonds is 0. The van der Waals surface area contributed by atoms with E-state index < -0.39 is 6.10 Å². The minimum Gasteiger partial charge on any atom is -0.461 e. The molecule has 3 aliphatic heterocycles. The van der Waals surface area contributed by atoms with E-state index in [0.717, 1.165) is 13.0 Å².